The number of hydrogen-bond acceptors (Lipinski definition) is 4. The second-order valence-electron chi connectivity index (χ2n) is 6.63. The van der Waals surface area contributed by atoms with E-state index in [9.17, 15) is 9.59 Å². The summed E-state index contributed by atoms with van der Waals surface area (Å²) >= 11 is 0. The van der Waals surface area contributed by atoms with Gasteiger partial charge in [-0.25, -0.2) is 4.79 Å². The van der Waals surface area contributed by atoms with Crippen LogP contribution in [0.3, 0.4) is 0 Å². The molecule has 3 amide bonds. The zero-order chi connectivity index (χ0) is 18.8. The van der Waals surface area contributed by atoms with Crippen molar-refractivity contribution >= 4 is 29.0 Å². The van der Waals surface area contributed by atoms with Crippen LogP contribution >= 0.6 is 0 Å². The summed E-state index contributed by atoms with van der Waals surface area (Å²) in [7, 11) is 0. The van der Waals surface area contributed by atoms with E-state index >= 15 is 0 Å². The quantitative estimate of drug-likeness (QED) is 0.777. The molecule has 0 aromatic heterocycles. The maximum Gasteiger partial charge on any atom is 0.319 e. The lowest BCUT2D eigenvalue weighted by Gasteiger charge is -2.32. The van der Waals surface area contributed by atoms with Crippen molar-refractivity contribution in [3.8, 4) is 5.75 Å². The molecule has 2 heterocycles. The Balaban J connectivity index is 1.43. The number of para-hydroxylation sites is 4. The number of benzene rings is 2. The van der Waals surface area contributed by atoms with E-state index in [-0.39, 0.29) is 24.0 Å². The maximum atomic E-state index is 12.5. The largest absolute Gasteiger partial charge is 0.492 e. The lowest BCUT2D eigenvalue weighted by molar-refractivity contribution is -0.117. The number of carbonyl (C=O) groups excluding carboxylic acids is 2. The number of urea groups is 1. The predicted molar refractivity (Wildman–Crippen MR) is 104 cm³/mol. The van der Waals surface area contributed by atoms with E-state index in [1.807, 2.05) is 49.4 Å². The number of amides is 3. The van der Waals surface area contributed by atoms with Crippen LogP contribution in [-0.2, 0) is 4.79 Å². The molecule has 2 aromatic rings. The van der Waals surface area contributed by atoms with Gasteiger partial charge >= 0.3 is 6.03 Å². The fourth-order valence-corrected chi connectivity index (χ4v) is 3.70. The summed E-state index contributed by atoms with van der Waals surface area (Å²) in [6.45, 7) is 3.01. The molecule has 4 rings (SSSR count). The first-order valence-electron chi connectivity index (χ1n) is 9.11. The smallest absolute Gasteiger partial charge is 0.319 e. The van der Waals surface area contributed by atoms with E-state index in [0.29, 0.717) is 31.0 Å². The highest BCUT2D eigenvalue weighted by Crippen LogP contribution is 2.36. The second-order valence-corrected chi connectivity index (χ2v) is 6.63. The first kappa shape index (κ1) is 17.2. The van der Waals surface area contributed by atoms with Crippen molar-refractivity contribution in [2.24, 2.45) is 0 Å². The molecule has 2 aliphatic rings. The first-order valence-corrected chi connectivity index (χ1v) is 9.11. The van der Waals surface area contributed by atoms with Gasteiger partial charge in [-0.1, -0.05) is 24.3 Å². The Kier molecular flexibility index (Phi) is 4.58. The van der Waals surface area contributed by atoms with Crippen LogP contribution in [0.15, 0.2) is 48.5 Å². The minimum atomic E-state index is -0.305. The van der Waals surface area contributed by atoms with E-state index in [1.165, 1.54) is 0 Å². The van der Waals surface area contributed by atoms with Crippen LogP contribution in [0.5, 0.6) is 5.75 Å². The second kappa shape index (κ2) is 7.19. The van der Waals surface area contributed by atoms with Gasteiger partial charge in [-0.3, -0.25) is 4.79 Å². The SMILES string of the molecule is CCOc1ccccc1NC(=O)NC1CC2C(=O)Nc3ccccc3N2C1. The number of rotatable bonds is 4. The number of hydrogen-bond donors (Lipinski definition) is 3. The molecule has 0 saturated carbocycles. The standard InChI is InChI=1S/C20H22N4O3/c1-2-27-18-10-6-4-8-15(18)23-20(26)21-13-11-17-19(25)22-14-7-3-5-9-16(14)24(17)12-13/h3-10,13,17H,2,11-12H2,1H3,(H,22,25)(H2,21,23,26). The van der Waals surface area contributed by atoms with Gasteiger partial charge in [0.1, 0.15) is 11.8 Å². The average Bonchev–Trinajstić information content (AvgIpc) is 3.08. The number of ether oxygens (including phenoxy) is 1. The summed E-state index contributed by atoms with van der Waals surface area (Å²) in [6.07, 6.45) is 0.570. The van der Waals surface area contributed by atoms with E-state index in [4.69, 9.17) is 4.74 Å². The normalized spacial score (nSPS) is 20.3. The number of nitrogens with zero attached hydrogens (tertiary/aromatic N) is 1. The third kappa shape index (κ3) is 3.40. The van der Waals surface area contributed by atoms with Crippen LogP contribution in [-0.4, -0.2) is 37.2 Å². The van der Waals surface area contributed by atoms with Crippen LogP contribution in [0.2, 0.25) is 0 Å². The van der Waals surface area contributed by atoms with Crippen molar-refractivity contribution in [2.45, 2.75) is 25.4 Å². The summed E-state index contributed by atoms with van der Waals surface area (Å²) in [5.41, 5.74) is 2.43. The third-order valence-electron chi connectivity index (χ3n) is 4.85. The Hall–Kier alpha value is -3.22. The molecule has 2 atom stereocenters. The number of nitrogens with one attached hydrogen (secondary N) is 3. The Bertz CT molecular complexity index is 870. The highest BCUT2D eigenvalue weighted by Gasteiger charge is 2.41. The monoisotopic (exact) mass is 366 g/mol. The zero-order valence-corrected chi connectivity index (χ0v) is 15.1. The Morgan fingerprint density at radius 1 is 1.22 bits per heavy atom. The van der Waals surface area contributed by atoms with E-state index < -0.39 is 0 Å². The molecule has 0 aliphatic carbocycles. The molecule has 2 aliphatic heterocycles. The number of fused-ring (bicyclic) bond motifs is 3. The van der Waals surface area contributed by atoms with Crippen molar-refractivity contribution in [3.63, 3.8) is 0 Å². The van der Waals surface area contributed by atoms with Crippen molar-refractivity contribution in [1.29, 1.82) is 0 Å². The lowest BCUT2D eigenvalue weighted by Crippen LogP contribution is -2.44. The number of anilines is 3. The minimum absolute atomic E-state index is 0.0277. The maximum absolute atomic E-state index is 12.5. The molecule has 7 heteroatoms. The van der Waals surface area contributed by atoms with Gasteiger partial charge in [0.15, 0.2) is 0 Å². The summed E-state index contributed by atoms with van der Waals surface area (Å²) < 4.78 is 5.53. The molecule has 140 valence electrons. The molecular weight excluding hydrogens is 344 g/mol. The topological polar surface area (TPSA) is 82.7 Å². The fourth-order valence-electron chi connectivity index (χ4n) is 3.70. The summed E-state index contributed by atoms with van der Waals surface area (Å²) in [5, 5.41) is 8.76. The average molecular weight is 366 g/mol. The molecule has 7 nitrogen and oxygen atoms in total. The Morgan fingerprint density at radius 3 is 2.85 bits per heavy atom. The van der Waals surface area contributed by atoms with Crippen LogP contribution in [0.4, 0.5) is 21.9 Å². The Labute approximate surface area is 157 Å². The zero-order valence-electron chi connectivity index (χ0n) is 15.1. The summed E-state index contributed by atoms with van der Waals surface area (Å²) in [5.74, 6) is 0.604. The molecular formula is C20H22N4O3. The van der Waals surface area contributed by atoms with Crippen LogP contribution < -0.4 is 25.6 Å². The lowest BCUT2D eigenvalue weighted by atomic mass is 10.1. The fraction of sp³-hybridized carbons (Fsp3) is 0.300. The molecule has 1 saturated heterocycles. The van der Waals surface area contributed by atoms with Crippen LogP contribution in [0, 0.1) is 0 Å². The molecule has 3 N–H and O–H groups in total. The van der Waals surface area contributed by atoms with Crippen LogP contribution in [0.25, 0.3) is 0 Å². The molecule has 0 bridgehead atoms. The van der Waals surface area contributed by atoms with Crippen molar-refractivity contribution in [1.82, 2.24) is 5.32 Å². The van der Waals surface area contributed by atoms with E-state index in [1.54, 1.807) is 6.07 Å². The van der Waals surface area contributed by atoms with Crippen molar-refractivity contribution < 1.29 is 14.3 Å². The minimum Gasteiger partial charge on any atom is -0.492 e. The van der Waals surface area contributed by atoms with Crippen LogP contribution in [0.1, 0.15) is 13.3 Å². The molecule has 2 unspecified atom stereocenters. The highest BCUT2D eigenvalue weighted by atomic mass is 16.5. The summed E-state index contributed by atoms with van der Waals surface area (Å²) in [4.78, 5) is 26.9. The third-order valence-corrected chi connectivity index (χ3v) is 4.85. The van der Waals surface area contributed by atoms with Gasteiger partial charge in [0, 0.05) is 6.54 Å². The van der Waals surface area contributed by atoms with Gasteiger partial charge in [0.2, 0.25) is 5.91 Å². The van der Waals surface area contributed by atoms with E-state index in [2.05, 4.69) is 20.9 Å². The van der Waals surface area contributed by atoms with Gasteiger partial charge < -0.3 is 25.6 Å². The molecule has 2 aromatic carbocycles. The van der Waals surface area contributed by atoms with Gasteiger partial charge in [-0.15, -0.1) is 0 Å². The first-order chi connectivity index (χ1) is 13.2. The van der Waals surface area contributed by atoms with Crippen molar-refractivity contribution in [2.75, 3.05) is 28.7 Å². The van der Waals surface area contributed by atoms with Gasteiger partial charge in [0.05, 0.1) is 29.7 Å². The molecule has 0 spiro atoms. The molecule has 27 heavy (non-hydrogen) atoms. The molecule has 0 radical (unpaired) electrons. The highest BCUT2D eigenvalue weighted by molar-refractivity contribution is 6.04. The van der Waals surface area contributed by atoms with Crippen molar-refractivity contribution in [3.05, 3.63) is 48.5 Å². The van der Waals surface area contributed by atoms with Gasteiger partial charge in [-0.05, 0) is 37.6 Å². The van der Waals surface area contributed by atoms with Gasteiger partial charge in [0.25, 0.3) is 0 Å². The van der Waals surface area contributed by atoms with Gasteiger partial charge in [-0.2, -0.15) is 0 Å². The van der Waals surface area contributed by atoms with E-state index in [0.717, 1.165) is 11.4 Å². The summed E-state index contributed by atoms with van der Waals surface area (Å²) in [6, 6.07) is 14.4. The predicted octanol–water partition coefficient (Wildman–Crippen LogP) is 2.81. The molecule has 1 fully saturated rings. The number of carbonyl (C=O) groups is 2. The Morgan fingerprint density at radius 2 is 2.00 bits per heavy atom.